The maximum Gasteiger partial charge on any atom is 0.305 e. The fraction of sp³-hybridized carbons (Fsp3) is 0.929. The van der Waals surface area contributed by atoms with Crippen molar-refractivity contribution in [1.29, 1.82) is 0 Å². The second-order valence-corrected chi connectivity index (χ2v) is 6.56. The minimum atomic E-state index is -0.666. The molecule has 0 aromatic rings. The predicted octanol–water partition coefficient (Wildman–Crippen LogP) is 2.13. The minimum absolute atomic E-state index is 0.120. The molecule has 1 N–H and O–H groups in total. The Bertz CT molecular complexity index is 298. The van der Waals surface area contributed by atoms with Gasteiger partial charge in [-0.1, -0.05) is 13.8 Å². The number of hydrogen-bond acceptors (Lipinski definition) is 3. The average Bonchev–Trinajstić information content (AvgIpc) is 2.33. The summed E-state index contributed by atoms with van der Waals surface area (Å²) in [7, 11) is 0. The molecule has 0 spiro atoms. The normalized spacial score (nSPS) is 27.9. The molecule has 1 saturated heterocycles. The van der Waals surface area contributed by atoms with E-state index in [1.54, 1.807) is 0 Å². The van der Waals surface area contributed by atoms with E-state index >= 15 is 0 Å². The van der Waals surface area contributed by atoms with Crippen molar-refractivity contribution in [3.05, 3.63) is 0 Å². The molecule has 2 fully saturated rings. The van der Waals surface area contributed by atoms with E-state index in [9.17, 15) is 9.90 Å². The van der Waals surface area contributed by atoms with E-state index in [0.29, 0.717) is 5.41 Å². The second-order valence-electron chi connectivity index (χ2n) is 6.56. The van der Waals surface area contributed by atoms with Gasteiger partial charge in [0.25, 0.3) is 0 Å². The summed E-state index contributed by atoms with van der Waals surface area (Å²) in [5.41, 5.74) is 0.249. The molecule has 2 rings (SSSR count). The highest BCUT2D eigenvalue weighted by molar-refractivity contribution is 5.68. The van der Waals surface area contributed by atoms with Crippen LogP contribution in [0, 0.1) is 5.41 Å². The summed E-state index contributed by atoms with van der Waals surface area (Å²) >= 11 is 0. The number of carbonyl (C=O) groups is 1. The van der Waals surface area contributed by atoms with Gasteiger partial charge >= 0.3 is 5.97 Å². The van der Waals surface area contributed by atoms with Gasteiger partial charge in [0.15, 0.2) is 0 Å². The summed E-state index contributed by atoms with van der Waals surface area (Å²) in [4.78, 5) is 13.6. The molecule has 2 aliphatic rings. The molecule has 1 aliphatic heterocycles. The number of carboxylic acids is 1. The first kappa shape index (κ1) is 13.8. The molecule has 104 valence electrons. The molecule has 18 heavy (non-hydrogen) atoms. The molecule has 0 aromatic heterocycles. The smallest absolute Gasteiger partial charge is 0.305 e. The molecule has 0 radical (unpaired) electrons. The van der Waals surface area contributed by atoms with E-state index in [-0.39, 0.29) is 12.0 Å². The zero-order valence-electron chi connectivity index (χ0n) is 11.6. The van der Waals surface area contributed by atoms with E-state index in [1.165, 1.54) is 0 Å². The number of nitrogens with zero attached hydrogens (tertiary/aromatic N) is 1. The molecule has 4 nitrogen and oxygen atoms in total. The van der Waals surface area contributed by atoms with Gasteiger partial charge in [0.05, 0.1) is 19.6 Å². The Labute approximate surface area is 109 Å². The van der Waals surface area contributed by atoms with Crippen LogP contribution in [0.5, 0.6) is 0 Å². The van der Waals surface area contributed by atoms with Crippen molar-refractivity contribution in [3.63, 3.8) is 0 Å². The standard InChI is InChI=1S/C14H25NO3/c1-13(2)3-5-14(6-4-13,11-12(16)17)15-7-9-18-10-8-15/h3-11H2,1-2H3,(H,16,17). The summed E-state index contributed by atoms with van der Waals surface area (Å²) < 4.78 is 5.39. The van der Waals surface area contributed by atoms with Crippen molar-refractivity contribution in [2.75, 3.05) is 26.3 Å². The van der Waals surface area contributed by atoms with Gasteiger partial charge in [-0.3, -0.25) is 9.69 Å². The first-order valence-electron chi connectivity index (χ1n) is 6.98. The third-order valence-corrected chi connectivity index (χ3v) is 4.70. The van der Waals surface area contributed by atoms with Crippen LogP contribution in [0.25, 0.3) is 0 Å². The molecular formula is C14H25NO3. The zero-order chi connectivity index (χ0) is 13.2. The summed E-state index contributed by atoms with van der Waals surface area (Å²) in [6, 6.07) is 0. The van der Waals surface area contributed by atoms with E-state index in [2.05, 4.69) is 18.7 Å². The maximum atomic E-state index is 11.2. The van der Waals surface area contributed by atoms with Crippen molar-refractivity contribution in [3.8, 4) is 0 Å². The summed E-state index contributed by atoms with van der Waals surface area (Å²) in [6.07, 6.45) is 4.54. The molecule has 4 heteroatoms. The molecule has 1 aliphatic carbocycles. The second kappa shape index (κ2) is 5.17. The van der Waals surface area contributed by atoms with Crippen LogP contribution in [-0.4, -0.2) is 47.8 Å². The van der Waals surface area contributed by atoms with Gasteiger partial charge in [0, 0.05) is 18.6 Å². The summed E-state index contributed by atoms with van der Waals surface area (Å²) in [5.74, 6) is -0.666. The summed E-state index contributed by atoms with van der Waals surface area (Å²) in [5, 5.41) is 9.23. The van der Waals surface area contributed by atoms with Crippen molar-refractivity contribution in [2.24, 2.45) is 5.41 Å². The monoisotopic (exact) mass is 255 g/mol. The highest BCUT2D eigenvalue weighted by atomic mass is 16.5. The van der Waals surface area contributed by atoms with Gasteiger partial charge in [-0.2, -0.15) is 0 Å². The zero-order valence-corrected chi connectivity index (χ0v) is 11.6. The maximum absolute atomic E-state index is 11.2. The van der Waals surface area contributed by atoms with Crippen molar-refractivity contribution in [2.45, 2.75) is 51.5 Å². The van der Waals surface area contributed by atoms with Gasteiger partial charge in [0.1, 0.15) is 0 Å². The van der Waals surface area contributed by atoms with E-state index < -0.39 is 5.97 Å². The van der Waals surface area contributed by atoms with Crippen LogP contribution in [0.2, 0.25) is 0 Å². The minimum Gasteiger partial charge on any atom is -0.481 e. The molecule has 0 bridgehead atoms. The fourth-order valence-corrected chi connectivity index (χ4v) is 3.32. The number of rotatable bonds is 3. The fourth-order valence-electron chi connectivity index (χ4n) is 3.32. The Morgan fingerprint density at radius 1 is 1.17 bits per heavy atom. The topological polar surface area (TPSA) is 49.8 Å². The number of carboxylic acid groups (broad SMARTS) is 1. The molecule has 0 amide bonds. The third-order valence-electron chi connectivity index (χ3n) is 4.70. The Hall–Kier alpha value is -0.610. The van der Waals surface area contributed by atoms with Crippen molar-refractivity contribution in [1.82, 2.24) is 4.90 Å². The quantitative estimate of drug-likeness (QED) is 0.839. The van der Waals surface area contributed by atoms with Crippen LogP contribution in [0.15, 0.2) is 0 Å². The highest BCUT2D eigenvalue weighted by Crippen LogP contribution is 2.44. The molecule has 0 aromatic carbocycles. The SMILES string of the molecule is CC1(C)CCC(CC(=O)O)(N2CCOCC2)CC1. The molecular weight excluding hydrogens is 230 g/mol. The van der Waals surface area contributed by atoms with Crippen LogP contribution in [-0.2, 0) is 9.53 Å². The van der Waals surface area contributed by atoms with Gasteiger partial charge in [0.2, 0.25) is 0 Å². The number of morpholine rings is 1. The number of hydrogen-bond donors (Lipinski definition) is 1. The lowest BCUT2D eigenvalue weighted by Gasteiger charge is -2.50. The number of ether oxygens (including phenoxy) is 1. The van der Waals surface area contributed by atoms with Crippen molar-refractivity contribution >= 4 is 5.97 Å². The van der Waals surface area contributed by atoms with E-state index in [4.69, 9.17) is 4.74 Å². The first-order valence-corrected chi connectivity index (χ1v) is 6.98. The van der Waals surface area contributed by atoms with Gasteiger partial charge in [-0.15, -0.1) is 0 Å². The highest BCUT2D eigenvalue weighted by Gasteiger charge is 2.44. The van der Waals surface area contributed by atoms with Crippen molar-refractivity contribution < 1.29 is 14.6 Å². The largest absolute Gasteiger partial charge is 0.481 e. The predicted molar refractivity (Wildman–Crippen MR) is 69.6 cm³/mol. The van der Waals surface area contributed by atoms with Gasteiger partial charge in [-0.25, -0.2) is 0 Å². The van der Waals surface area contributed by atoms with E-state index in [1.807, 2.05) is 0 Å². The van der Waals surface area contributed by atoms with Crippen LogP contribution in [0.3, 0.4) is 0 Å². The van der Waals surface area contributed by atoms with Gasteiger partial charge < -0.3 is 9.84 Å². The number of aliphatic carboxylic acids is 1. The lowest BCUT2D eigenvalue weighted by Crippen LogP contribution is -2.56. The first-order chi connectivity index (χ1) is 8.44. The third kappa shape index (κ3) is 3.04. The average molecular weight is 255 g/mol. The Kier molecular flexibility index (Phi) is 3.97. The summed E-state index contributed by atoms with van der Waals surface area (Å²) in [6.45, 7) is 7.82. The van der Waals surface area contributed by atoms with Crippen LogP contribution >= 0.6 is 0 Å². The lowest BCUT2D eigenvalue weighted by atomic mass is 9.67. The Morgan fingerprint density at radius 3 is 2.22 bits per heavy atom. The Morgan fingerprint density at radius 2 is 1.72 bits per heavy atom. The molecule has 1 heterocycles. The van der Waals surface area contributed by atoms with E-state index in [0.717, 1.165) is 52.0 Å². The van der Waals surface area contributed by atoms with Crippen LogP contribution < -0.4 is 0 Å². The molecule has 0 atom stereocenters. The van der Waals surface area contributed by atoms with Crippen LogP contribution in [0.1, 0.15) is 46.0 Å². The molecule has 0 unspecified atom stereocenters. The molecule has 1 saturated carbocycles. The Balaban J connectivity index is 2.10. The van der Waals surface area contributed by atoms with Gasteiger partial charge in [-0.05, 0) is 31.1 Å². The van der Waals surface area contributed by atoms with Crippen LogP contribution in [0.4, 0.5) is 0 Å². The lowest BCUT2D eigenvalue weighted by molar-refractivity contribution is -0.143.